The number of nitrogens with two attached hydrogens (primary N) is 1. The number of nitrogens with zero attached hydrogens (tertiary/aromatic N) is 1. The monoisotopic (exact) mass is 228 g/mol. The van der Waals surface area contributed by atoms with Crippen LogP contribution >= 0.6 is 0 Å². The number of halogens is 1. The first-order chi connectivity index (χ1) is 7.47. The van der Waals surface area contributed by atoms with Gasteiger partial charge in [-0.25, -0.2) is 9.78 Å². The third-order valence-electron chi connectivity index (χ3n) is 1.76. The minimum Gasteiger partial charge on any atom is -0.487 e. The molecule has 0 radical (unpaired) electrons. The Labute approximate surface area is 92.4 Å². The molecule has 1 aromatic heterocycles. The quantitative estimate of drug-likeness (QED) is 0.791. The molecule has 1 rings (SSSR count). The van der Waals surface area contributed by atoms with Crippen molar-refractivity contribution >= 4 is 11.8 Å². The van der Waals surface area contributed by atoms with Crippen molar-refractivity contribution in [2.24, 2.45) is 0 Å². The van der Waals surface area contributed by atoms with E-state index >= 15 is 0 Å². The van der Waals surface area contributed by atoms with Crippen LogP contribution < -0.4 is 10.5 Å². The topological polar surface area (TPSA) is 74.4 Å². The molecule has 0 unspecified atom stereocenters. The van der Waals surface area contributed by atoms with Crippen molar-refractivity contribution in [3.05, 3.63) is 17.6 Å². The van der Waals surface area contributed by atoms with Crippen LogP contribution in [0.15, 0.2) is 6.20 Å². The van der Waals surface area contributed by atoms with Crippen molar-refractivity contribution in [1.29, 1.82) is 0 Å². The van der Waals surface area contributed by atoms with Crippen molar-refractivity contribution in [3.63, 3.8) is 0 Å². The lowest BCUT2D eigenvalue weighted by Crippen LogP contribution is -2.14. The molecule has 0 fully saturated rings. The minimum absolute atomic E-state index is 0.0806. The van der Waals surface area contributed by atoms with E-state index in [1.807, 2.05) is 0 Å². The molecule has 0 saturated heterocycles. The Bertz CT molecular complexity index is 407. The number of anilines is 1. The lowest BCUT2D eigenvalue weighted by atomic mass is 10.2. The summed E-state index contributed by atoms with van der Waals surface area (Å²) in [7, 11) is 1.19. The maximum atomic E-state index is 13.6. The van der Waals surface area contributed by atoms with Crippen molar-refractivity contribution in [2.45, 2.75) is 20.0 Å². The summed E-state index contributed by atoms with van der Waals surface area (Å²) in [5.41, 5.74) is 5.21. The summed E-state index contributed by atoms with van der Waals surface area (Å²) in [6.07, 6.45) is 0.835. The van der Waals surface area contributed by atoms with Gasteiger partial charge in [0, 0.05) is 6.20 Å². The van der Waals surface area contributed by atoms with Crippen LogP contribution in [-0.2, 0) is 4.74 Å². The fourth-order valence-electron chi connectivity index (χ4n) is 1.09. The molecule has 6 heteroatoms. The summed E-state index contributed by atoms with van der Waals surface area (Å²) in [5.74, 6) is -2.11. The Balaban J connectivity index is 3.27. The van der Waals surface area contributed by atoms with Crippen LogP contribution in [0.5, 0.6) is 5.75 Å². The first-order valence-electron chi connectivity index (χ1n) is 4.66. The summed E-state index contributed by atoms with van der Waals surface area (Å²) in [5, 5.41) is 0. The Hall–Kier alpha value is -1.85. The van der Waals surface area contributed by atoms with Crippen molar-refractivity contribution < 1.29 is 18.7 Å². The fraction of sp³-hybridized carbons (Fsp3) is 0.400. The smallest absolute Gasteiger partial charge is 0.343 e. The van der Waals surface area contributed by atoms with E-state index < -0.39 is 11.8 Å². The van der Waals surface area contributed by atoms with Gasteiger partial charge in [0.05, 0.1) is 13.2 Å². The van der Waals surface area contributed by atoms with Crippen LogP contribution in [-0.4, -0.2) is 24.2 Å². The zero-order valence-electron chi connectivity index (χ0n) is 9.28. The highest BCUT2D eigenvalue weighted by atomic mass is 19.1. The summed E-state index contributed by atoms with van der Waals surface area (Å²) in [4.78, 5) is 14.9. The predicted molar refractivity (Wildman–Crippen MR) is 55.7 cm³/mol. The molecule has 0 aromatic carbocycles. The molecular formula is C10H13FN2O3. The molecule has 0 saturated carbocycles. The number of pyridine rings is 1. The van der Waals surface area contributed by atoms with Crippen LogP contribution in [0.4, 0.5) is 10.2 Å². The molecule has 88 valence electrons. The maximum absolute atomic E-state index is 13.6. The van der Waals surface area contributed by atoms with Gasteiger partial charge in [-0.05, 0) is 13.8 Å². The van der Waals surface area contributed by atoms with E-state index in [4.69, 9.17) is 10.5 Å². The minimum atomic E-state index is -0.850. The van der Waals surface area contributed by atoms with E-state index in [-0.39, 0.29) is 23.2 Å². The molecule has 0 amide bonds. The second kappa shape index (κ2) is 4.78. The van der Waals surface area contributed by atoms with Crippen LogP contribution in [0, 0.1) is 5.82 Å². The number of hydrogen-bond acceptors (Lipinski definition) is 5. The molecular weight excluding hydrogens is 215 g/mol. The van der Waals surface area contributed by atoms with Gasteiger partial charge in [-0.1, -0.05) is 0 Å². The normalized spacial score (nSPS) is 10.3. The highest BCUT2D eigenvalue weighted by molar-refractivity contribution is 5.92. The average molecular weight is 228 g/mol. The van der Waals surface area contributed by atoms with Crippen LogP contribution in [0.2, 0.25) is 0 Å². The zero-order chi connectivity index (χ0) is 12.3. The lowest BCUT2D eigenvalue weighted by Gasteiger charge is -2.14. The van der Waals surface area contributed by atoms with Crippen LogP contribution in [0.1, 0.15) is 24.2 Å². The second-order valence-corrected chi connectivity index (χ2v) is 3.36. The Morgan fingerprint density at radius 3 is 2.69 bits per heavy atom. The number of carbonyl (C=O) groups is 1. The van der Waals surface area contributed by atoms with E-state index in [0.717, 1.165) is 6.20 Å². The van der Waals surface area contributed by atoms with Crippen molar-refractivity contribution in [2.75, 3.05) is 12.8 Å². The summed E-state index contributed by atoms with van der Waals surface area (Å²) < 4.78 is 23.3. The van der Waals surface area contributed by atoms with Gasteiger partial charge in [-0.2, -0.15) is 4.39 Å². The molecule has 0 aliphatic heterocycles. The average Bonchev–Trinajstić information content (AvgIpc) is 2.23. The third kappa shape index (κ3) is 2.39. The molecule has 5 nitrogen and oxygen atoms in total. The number of aromatic nitrogens is 1. The van der Waals surface area contributed by atoms with E-state index in [1.165, 1.54) is 7.11 Å². The molecule has 1 aromatic rings. The van der Waals surface area contributed by atoms with Gasteiger partial charge in [0.15, 0.2) is 11.6 Å². The standard InChI is InChI=1S/C10H13FN2O3/c1-5(2)16-8-6(10(14)15-3)4-13-9(12)7(8)11/h4-5H,1-3H3,(H2,12,13). The van der Waals surface area contributed by atoms with Gasteiger partial charge in [0.1, 0.15) is 5.56 Å². The Kier molecular flexibility index (Phi) is 3.65. The van der Waals surface area contributed by atoms with Crippen molar-refractivity contribution in [3.8, 4) is 5.75 Å². The van der Waals surface area contributed by atoms with Gasteiger partial charge in [-0.3, -0.25) is 0 Å². The summed E-state index contributed by atoms with van der Waals surface area (Å²) in [6, 6.07) is 0. The highest BCUT2D eigenvalue weighted by Crippen LogP contribution is 2.27. The second-order valence-electron chi connectivity index (χ2n) is 3.36. The van der Waals surface area contributed by atoms with Crippen LogP contribution in [0.3, 0.4) is 0 Å². The third-order valence-corrected chi connectivity index (χ3v) is 1.76. The first kappa shape index (κ1) is 12.2. The van der Waals surface area contributed by atoms with Crippen LogP contribution in [0.25, 0.3) is 0 Å². The fourth-order valence-corrected chi connectivity index (χ4v) is 1.09. The maximum Gasteiger partial charge on any atom is 0.343 e. The lowest BCUT2D eigenvalue weighted by molar-refractivity contribution is 0.0592. The molecule has 1 heterocycles. The van der Waals surface area contributed by atoms with E-state index in [2.05, 4.69) is 9.72 Å². The summed E-state index contributed by atoms with van der Waals surface area (Å²) in [6.45, 7) is 3.41. The van der Waals surface area contributed by atoms with E-state index in [1.54, 1.807) is 13.8 Å². The van der Waals surface area contributed by atoms with Crippen molar-refractivity contribution in [1.82, 2.24) is 4.98 Å². The number of ether oxygens (including phenoxy) is 2. The number of esters is 1. The number of rotatable bonds is 3. The van der Waals surface area contributed by atoms with Gasteiger partial charge in [0.25, 0.3) is 0 Å². The Morgan fingerprint density at radius 2 is 2.19 bits per heavy atom. The molecule has 2 N–H and O–H groups in total. The molecule has 0 atom stereocenters. The first-order valence-corrected chi connectivity index (χ1v) is 4.66. The van der Waals surface area contributed by atoms with E-state index in [9.17, 15) is 9.18 Å². The highest BCUT2D eigenvalue weighted by Gasteiger charge is 2.21. The number of nitrogen functional groups attached to an aromatic ring is 1. The molecule has 0 aliphatic carbocycles. The number of carbonyl (C=O) groups excluding carboxylic acids is 1. The Morgan fingerprint density at radius 1 is 1.56 bits per heavy atom. The summed E-state index contributed by atoms with van der Waals surface area (Å²) >= 11 is 0. The molecule has 0 spiro atoms. The molecule has 16 heavy (non-hydrogen) atoms. The molecule has 0 aliphatic rings. The van der Waals surface area contributed by atoms with Gasteiger partial charge in [-0.15, -0.1) is 0 Å². The largest absolute Gasteiger partial charge is 0.487 e. The zero-order valence-corrected chi connectivity index (χ0v) is 9.28. The van der Waals surface area contributed by atoms with Gasteiger partial charge in [0.2, 0.25) is 5.82 Å². The SMILES string of the molecule is COC(=O)c1cnc(N)c(F)c1OC(C)C. The van der Waals surface area contributed by atoms with Gasteiger partial charge < -0.3 is 15.2 Å². The predicted octanol–water partition coefficient (Wildman–Crippen LogP) is 1.38. The number of hydrogen-bond donors (Lipinski definition) is 1. The van der Waals surface area contributed by atoms with Gasteiger partial charge >= 0.3 is 5.97 Å². The van der Waals surface area contributed by atoms with E-state index in [0.29, 0.717) is 0 Å². The number of methoxy groups -OCH3 is 1. The molecule has 0 bridgehead atoms.